The smallest absolute Gasteiger partial charge is 0.266 e. The SMILES string of the molecule is CC#Cc1cc(C)c(C2C(=O)CC3(CCN(C(=O)/C=N/N(C)C)CC3)CC2=O)c(C)c1. The molecule has 2 aliphatic rings. The molecular formula is C25H31N3O3. The molecule has 2 fully saturated rings. The molecule has 31 heavy (non-hydrogen) atoms. The van der Waals surface area contributed by atoms with Crippen LogP contribution < -0.4 is 0 Å². The molecule has 0 bridgehead atoms. The first-order valence-corrected chi connectivity index (χ1v) is 10.8. The molecule has 1 amide bonds. The predicted molar refractivity (Wildman–Crippen MR) is 121 cm³/mol. The first-order valence-electron chi connectivity index (χ1n) is 10.8. The van der Waals surface area contributed by atoms with Crippen molar-refractivity contribution in [3.8, 4) is 11.8 Å². The molecule has 1 heterocycles. The zero-order valence-electron chi connectivity index (χ0n) is 19.1. The fourth-order valence-electron chi connectivity index (χ4n) is 4.96. The number of carbonyl (C=O) groups is 3. The molecule has 164 valence electrons. The highest BCUT2D eigenvalue weighted by atomic mass is 16.2. The van der Waals surface area contributed by atoms with Gasteiger partial charge in [-0.3, -0.25) is 14.4 Å². The van der Waals surface area contributed by atoms with Gasteiger partial charge >= 0.3 is 0 Å². The summed E-state index contributed by atoms with van der Waals surface area (Å²) in [5.41, 5.74) is 3.32. The number of piperidine rings is 1. The summed E-state index contributed by atoms with van der Waals surface area (Å²) in [6.45, 7) is 6.79. The highest BCUT2D eigenvalue weighted by molar-refractivity contribution is 6.26. The highest BCUT2D eigenvalue weighted by Crippen LogP contribution is 2.46. The van der Waals surface area contributed by atoms with Gasteiger partial charge in [0.25, 0.3) is 5.91 Å². The van der Waals surface area contributed by atoms with Crippen LogP contribution >= 0.6 is 0 Å². The van der Waals surface area contributed by atoms with Crippen molar-refractivity contribution in [2.45, 2.75) is 52.4 Å². The number of benzene rings is 1. The van der Waals surface area contributed by atoms with Gasteiger partial charge in [-0.1, -0.05) is 5.92 Å². The van der Waals surface area contributed by atoms with E-state index in [1.54, 1.807) is 30.9 Å². The van der Waals surface area contributed by atoms with E-state index in [1.165, 1.54) is 6.21 Å². The van der Waals surface area contributed by atoms with E-state index in [2.05, 4.69) is 16.9 Å². The molecule has 1 aliphatic heterocycles. The summed E-state index contributed by atoms with van der Waals surface area (Å²) < 4.78 is 0. The highest BCUT2D eigenvalue weighted by Gasteiger charge is 2.47. The Morgan fingerprint density at radius 3 is 2.16 bits per heavy atom. The Morgan fingerprint density at radius 1 is 1.13 bits per heavy atom. The third kappa shape index (κ3) is 4.87. The second-order valence-corrected chi connectivity index (χ2v) is 9.03. The summed E-state index contributed by atoms with van der Waals surface area (Å²) in [6.07, 6.45) is 3.45. The topological polar surface area (TPSA) is 70.1 Å². The number of carbonyl (C=O) groups excluding carboxylic acids is 3. The summed E-state index contributed by atoms with van der Waals surface area (Å²) in [4.78, 5) is 40.5. The number of hydrazone groups is 1. The minimum atomic E-state index is -0.679. The summed E-state index contributed by atoms with van der Waals surface area (Å²) in [7, 11) is 3.53. The van der Waals surface area contributed by atoms with Crippen LogP contribution in [-0.4, -0.2) is 60.8 Å². The van der Waals surface area contributed by atoms with Crippen molar-refractivity contribution in [3.05, 3.63) is 34.4 Å². The normalized spacial score (nSPS) is 18.9. The quantitative estimate of drug-likeness (QED) is 0.326. The standard InChI is InChI=1S/C25H31N3O3/c1-6-7-19-12-17(2)23(18(3)13-19)24-20(29)14-25(15-21(24)30)8-10-28(11-9-25)22(31)16-26-27(4)5/h12-13,16,24H,8-11,14-15H2,1-5H3/b26-16+. The number of amides is 1. The van der Waals surface area contributed by atoms with E-state index >= 15 is 0 Å². The van der Waals surface area contributed by atoms with E-state index in [4.69, 9.17) is 0 Å². The molecule has 1 aromatic carbocycles. The van der Waals surface area contributed by atoms with Gasteiger partial charge in [0.1, 0.15) is 23.7 Å². The molecular weight excluding hydrogens is 390 g/mol. The third-order valence-corrected chi connectivity index (χ3v) is 6.43. The van der Waals surface area contributed by atoms with Crippen molar-refractivity contribution in [1.29, 1.82) is 0 Å². The average molecular weight is 422 g/mol. The van der Waals surface area contributed by atoms with Gasteiger partial charge in [-0.25, -0.2) is 0 Å². The Hall–Kier alpha value is -2.94. The van der Waals surface area contributed by atoms with Crippen molar-refractivity contribution >= 4 is 23.7 Å². The van der Waals surface area contributed by atoms with E-state index in [0.717, 1.165) is 22.3 Å². The van der Waals surface area contributed by atoms with Crippen molar-refractivity contribution < 1.29 is 14.4 Å². The molecule has 6 nitrogen and oxygen atoms in total. The zero-order chi connectivity index (χ0) is 22.8. The van der Waals surface area contributed by atoms with Crippen LogP contribution in [0.5, 0.6) is 0 Å². The van der Waals surface area contributed by atoms with Crippen LogP contribution in [0.3, 0.4) is 0 Å². The lowest BCUT2D eigenvalue weighted by Crippen LogP contribution is -2.48. The Balaban J connectivity index is 1.74. The van der Waals surface area contributed by atoms with Crippen LogP contribution in [0.4, 0.5) is 0 Å². The zero-order valence-corrected chi connectivity index (χ0v) is 19.1. The fraction of sp³-hybridized carbons (Fsp3) is 0.520. The van der Waals surface area contributed by atoms with Crippen molar-refractivity contribution in [1.82, 2.24) is 9.91 Å². The summed E-state index contributed by atoms with van der Waals surface area (Å²) in [5.74, 6) is 5.15. The number of ketones is 2. The van der Waals surface area contributed by atoms with E-state index in [9.17, 15) is 14.4 Å². The van der Waals surface area contributed by atoms with Crippen molar-refractivity contribution in [2.75, 3.05) is 27.2 Å². The monoisotopic (exact) mass is 421 g/mol. The van der Waals surface area contributed by atoms with Gasteiger partial charge in [-0.05, 0) is 67.9 Å². The molecule has 1 aliphatic carbocycles. The number of nitrogens with zero attached hydrogens (tertiary/aromatic N) is 3. The molecule has 0 unspecified atom stereocenters. The molecule has 0 N–H and O–H groups in total. The Bertz CT molecular complexity index is 946. The minimum absolute atomic E-state index is 0.00530. The van der Waals surface area contributed by atoms with Crippen LogP contribution in [0.2, 0.25) is 0 Å². The molecule has 3 rings (SSSR count). The van der Waals surface area contributed by atoms with Gasteiger partial charge < -0.3 is 9.91 Å². The Labute approximate surface area is 184 Å². The first-order chi connectivity index (χ1) is 14.7. The van der Waals surface area contributed by atoms with Crippen molar-refractivity contribution in [3.63, 3.8) is 0 Å². The maximum atomic E-state index is 13.2. The van der Waals surface area contributed by atoms with Crippen LogP contribution in [0, 0.1) is 31.1 Å². The van der Waals surface area contributed by atoms with Gasteiger partial charge in [-0.2, -0.15) is 5.10 Å². The number of Topliss-reactive ketones (excluding diaryl/α,β-unsaturated/α-hetero) is 2. The molecule has 0 atom stereocenters. The van der Waals surface area contributed by atoms with E-state index in [1.807, 2.05) is 26.0 Å². The van der Waals surface area contributed by atoms with E-state index < -0.39 is 5.92 Å². The first kappa shape index (κ1) is 22.7. The van der Waals surface area contributed by atoms with Crippen molar-refractivity contribution in [2.24, 2.45) is 10.5 Å². The summed E-state index contributed by atoms with van der Waals surface area (Å²) in [6, 6.07) is 3.92. The molecule has 1 saturated heterocycles. The van der Waals surface area contributed by atoms with Gasteiger partial charge in [0.2, 0.25) is 0 Å². The van der Waals surface area contributed by atoms with Gasteiger partial charge in [-0.15, -0.1) is 5.92 Å². The molecule has 1 aromatic rings. The van der Waals surface area contributed by atoms with Gasteiger partial charge in [0.05, 0.1) is 0 Å². The third-order valence-electron chi connectivity index (χ3n) is 6.43. The number of aryl methyl sites for hydroxylation is 2. The Kier molecular flexibility index (Phi) is 6.64. The van der Waals surface area contributed by atoms with Crippen LogP contribution in [0.15, 0.2) is 17.2 Å². The lowest BCUT2D eigenvalue weighted by atomic mass is 9.62. The molecule has 1 spiro atoms. The predicted octanol–water partition coefficient (Wildman–Crippen LogP) is 2.85. The fourth-order valence-corrected chi connectivity index (χ4v) is 4.96. The number of hydrogen-bond acceptors (Lipinski definition) is 5. The second-order valence-electron chi connectivity index (χ2n) is 9.03. The van der Waals surface area contributed by atoms with E-state index in [0.29, 0.717) is 38.8 Å². The van der Waals surface area contributed by atoms with Crippen LogP contribution in [0.25, 0.3) is 0 Å². The number of likely N-dealkylation sites (tertiary alicyclic amines) is 1. The lowest BCUT2D eigenvalue weighted by Gasteiger charge is -2.44. The minimum Gasteiger partial charge on any atom is -0.338 e. The van der Waals surface area contributed by atoms with Gasteiger partial charge in [0, 0.05) is 45.6 Å². The van der Waals surface area contributed by atoms with Crippen LogP contribution in [-0.2, 0) is 14.4 Å². The lowest BCUT2D eigenvalue weighted by molar-refractivity contribution is -0.139. The maximum Gasteiger partial charge on any atom is 0.266 e. The number of hydrogen-bond donors (Lipinski definition) is 0. The van der Waals surface area contributed by atoms with E-state index in [-0.39, 0.29) is 22.9 Å². The van der Waals surface area contributed by atoms with Crippen LogP contribution in [0.1, 0.15) is 60.8 Å². The maximum absolute atomic E-state index is 13.2. The summed E-state index contributed by atoms with van der Waals surface area (Å²) >= 11 is 0. The molecule has 0 aromatic heterocycles. The number of rotatable bonds is 3. The molecule has 0 radical (unpaired) electrons. The van der Waals surface area contributed by atoms with Gasteiger partial charge in [0.15, 0.2) is 0 Å². The molecule has 1 saturated carbocycles. The second kappa shape index (κ2) is 9.05. The largest absolute Gasteiger partial charge is 0.338 e. The Morgan fingerprint density at radius 2 is 1.68 bits per heavy atom. The average Bonchev–Trinajstić information content (AvgIpc) is 2.68. The summed E-state index contributed by atoms with van der Waals surface area (Å²) in [5, 5.41) is 5.58. The molecule has 6 heteroatoms.